The fourth-order valence-corrected chi connectivity index (χ4v) is 0.726. The molecular formula is C7H9NO2. The Morgan fingerprint density at radius 3 is 2.80 bits per heavy atom. The molecule has 3 heteroatoms. The highest BCUT2D eigenvalue weighted by atomic mass is 16.3. The third-order valence-corrected chi connectivity index (χ3v) is 1.35. The first-order chi connectivity index (χ1) is 4.74. The van der Waals surface area contributed by atoms with Gasteiger partial charge in [0.15, 0.2) is 0 Å². The van der Waals surface area contributed by atoms with Crippen LogP contribution >= 0.6 is 0 Å². The van der Waals surface area contributed by atoms with E-state index in [-0.39, 0.29) is 12.4 Å². The minimum atomic E-state index is -0.0762. The molecule has 10 heavy (non-hydrogen) atoms. The first kappa shape index (κ1) is 7.02. The molecule has 0 aliphatic rings. The van der Waals surface area contributed by atoms with Crippen molar-refractivity contribution in [3.63, 3.8) is 0 Å². The maximum Gasteiger partial charge on any atom is 0.134 e. The lowest BCUT2D eigenvalue weighted by Gasteiger charge is -1.99. The molecule has 1 rings (SSSR count). The van der Waals surface area contributed by atoms with Gasteiger partial charge in [0.05, 0.1) is 12.8 Å². The zero-order chi connectivity index (χ0) is 7.56. The second-order valence-electron chi connectivity index (χ2n) is 2.10. The second-order valence-corrected chi connectivity index (χ2v) is 2.10. The Hall–Kier alpha value is -1.09. The summed E-state index contributed by atoms with van der Waals surface area (Å²) in [6.45, 7) is 1.71. The summed E-state index contributed by atoms with van der Waals surface area (Å²) >= 11 is 0. The van der Waals surface area contributed by atoms with E-state index in [4.69, 9.17) is 10.2 Å². The van der Waals surface area contributed by atoms with Crippen molar-refractivity contribution in [3.8, 4) is 5.75 Å². The standard InChI is InChI=1S/C7H9NO2/c1-5-6(4-9)2-7(10)3-8-5/h2-3,9-10H,4H2,1H3. The van der Waals surface area contributed by atoms with Gasteiger partial charge in [-0.05, 0) is 13.0 Å². The highest BCUT2D eigenvalue weighted by Gasteiger charge is 1.97. The summed E-state index contributed by atoms with van der Waals surface area (Å²) in [5, 5.41) is 17.6. The number of aromatic hydroxyl groups is 1. The van der Waals surface area contributed by atoms with Gasteiger partial charge in [-0.25, -0.2) is 0 Å². The summed E-state index contributed by atoms with van der Waals surface area (Å²) in [4.78, 5) is 3.84. The predicted octanol–water partition coefficient (Wildman–Crippen LogP) is 0.588. The molecule has 0 aromatic carbocycles. The smallest absolute Gasteiger partial charge is 0.134 e. The van der Waals surface area contributed by atoms with Crippen LogP contribution in [0.25, 0.3) is 0 Å². The van der Waals surface area contributed by atoms with Crippen LogP contribution in [-0.4, -0.2) is 15.2 Å². The summed E-state index contributed by atoms with van der Waals surface area (Å²) in [5.41, 5.74) is 1.42. The summed E-state index contributed by atoms with van der Waals surface area (Å²) in [5.74, 6) is 0.0923. The van der Waals surface area contributed by atoms with Gasteiger partial charge in [0, 0.05) is 11.3 Å². The lowest BCUT2D eigenvalue weighted by Crippen LogP contribution is -1.90. The van der Waals surface area contributed by atoms with Crippen LogP contribution in [0.15, 0.2) is 12.3 Å². The van der Waals surface area contributed by atoms with Gasteiger partial charge in [0.2, 0.25) is 0 Å². The molecule has 0 unspecified atom stereocenters. The van der Waals surface area contributed by atoms with E-state index in [2.05, 4.69) is 4.98 Å². The van der Waals surface area contributed by atoms with Crippen molar-refractivity contribution in [2.24, 2.45) is 0 Å². The fraction of sp³-hybridized carbons (Fsp3) is 0.286. The first-order valence-corrected chi connectivity index (χ1v) is 2.99. The van der Waals surface area contributed by atoms with Crippen LogP contribution in [0.4, 0.5) is 0 Å². The van der Waals surface area contributed by atoms with Gasteiger partial charge in [0.25, 0.3) is 0 Å². The lowest BCUT2D eigenvalue weighted by atomic mass is 10.2. The zero-order valence-electron chi connectivity index (χ0n) is 5.70. The van der Waals surface area contributed by atoms with Crippen molar-refractivity contribution in [2.45, 2.75) is 13.5 Å². The molecule has 0 atom stereocenters. The Labute approximate surface area is 59.0 Å². The highest BCUT2D eigenvalue weighted by molar-refractivity contribution is 5.26. The molecule has 0 aliphatic carbocycles. The zero-order valence-corrected chi connectivity index (χ0v) is 5.70. The number of hydrogen-bond acceptors (Lipinski definition) is 3. The second kappa shape index (κ2) is 2.66. The van der Waals surface area contributed by atoms with Crippen molar-refractivity contribution >= 4 is 0 Å². The monoisotopic (exact) mass is 139 g/mol. The largest absolute Gasteiger partial charge is 0.506 e. The maximum absolute atomic E-state index is 8.90. The topological polar surface area (TPSA) is 53.4 Å². The minimum Gasteiger partial charge on any atom is -0.506 e. The summed E-state index contributed by atoms with van der Waals surface area (Å²) < 4.78 is 0. The fourth-order valence-electron chi connectivity index (χ4n) is 0.726. The van der Waals surface area contributed by atoms with Crippen LogP contribution < -0.4 is 0 Å². The van der Waals surface area contributed by atoms with Crippen molar-refractivity contribution in [1.82, 2.24) is 4.98 Å². The van der Waals surface area contributed by atoms with Crippen LogP contribution in [0.5, 0.6) is 5.75 Å². The number of nitrogens with zero attached hydrogens (tertiary/aromatic N) is 1. The molecule has 54 valence electrons. The van der Waals surface area contributed by atoms with Gasteiger partial charge in [-0.1, -0.05) is 0 Å². The predicted molar refractivity (Wildman–Crippen MR) is 36.6 cm³/mol. The van der Waals surface area contributed by atoms with E-state index in [0.29, 0.717) is 5.56 Å². The molecule has 0 saturated carbocycles. The number of aromatic nitrogens is 1. The Kier molecular flexibility index (Phi) is 1.87. The molecule has 0 fully saturated rings. The average molecular weight is 139 g/mol. The number of aliphatic hydroxyl groups is 1. The van der Waals surface area contributed by atoms with E-state index in [1.54, 1.807) is 6.92 Å². The van der Waals surface area contributed by atoms with Gasteiger partial charge < -0.3 is 10.2 Å². The Morgan fingerprint density at radius 1 is 1.60 bits per heavy atom. The maximum atomic E-state index is 8.90. The van der Waals surface area contributed by atoms with Crippen LogP contribution in [-0.2, 0) is 6.61 Å². The summed E-state index contributed by atoms with van der Waals surface area (Å²) in [7, 11) is 0. The van der Waals surface area contributed by atoms with E-state index >= 15 is 0 Å². The molecule has 0 aliphatic heterocycles. The normalized spacial score (nSPS) is 9.80. The Bertz CT molecular complexity index is 235. The molecule has 0 bridgehead atoms. The summed E-state index contributed by atoms with van der Waals surface area (Å²) in [6, 6.07) is 1.50. The van der Waals surface area contributed by atoms with E-state index in [9.17, 15) is 0 Å². The van der Waals surface area contributed by atoms with Crippen molar-refractivity contribution in [3.05, 3.63) is 23.5 Å². The molecule has 3 nitrogen and oxygen atoms in total. The third-order valence-electron chi connectivity index (χ3n) is 1.35. The van der Waals surface area contributed by atoms with E-state index in [1.165, 1.54) is 12.3 Å². The lowest BCUT2D eigenvalue weighted by molar-refractivity contribution is 0.279. The molecule has 0 saturated heterocycles. The van der Waals surface area contributed by atoms with Crippen LogP contribution in [0.3, 0.4) is 0 Å². The summed E-state index contributed by atoms with van der Waals surface area (Å²) in [6.07, 6.45) is 1.36. The molecule has 1 aromatic rings. The van der Waals surface area contributed by atoms with E-state index in [0.717, 1.165) is 5.69 Å². The van der Waals surface area contributed by atoms with Gasteiger partial charge in [0.1, 0.15) is 5.75 Å². The van der Waals surface area contributed by atoms with E-state index in [1.807, 2.05) is 0 Å². The van der Waals surface area contributed by atoms with Crippen LogP contribution in [0.1, 0.15) is 11.3 Å². The van der Waals surface area contributed by atoms with Gasteiger partial charge in [-0.2, -0.15) is 0 Å². The Morgan fingerprint density at radius 2 is 2.30 bits per heavy atom. The average Bonchev–Trinajstić information content (AvgIpc) is 1.94. The molecule has 0 spiro atoms. The van der Waals surface area contributed by atoms with Gasteiger partial charge >= 0.3 is 0 Å². The third kappa shape index (κ3) is 1.25. The van der Waals surface area contributed by atoms with Gasteiger partial charge in [-0.3, -0.25) is 4.98 Å². The number of pyridine rings is 1. The number of rotatable bonds is 1. The van der Waals surface area contributed by atoms with Crippen LogP contribution in [0, 0.1) is 6.92 Å². The molecule has 0 amide bonds. The molecular weight excluding hydrogens is 130 g/mol. The highest BCUT2D eigenvalue weighted by Crippen LogP contribution is 2.11. The van der Waals surface area contributed by atoms with Crippen LogP contribution in [0.2, 0.25) is 0 Å². The van der Waals surface area contributed by atoms with E-state index < -0.39 is 0 Å². The molecule has 2 N–H and O–H groups in total. The van der Waals surface area contributed by atoms with Crippen molar-refractivity contribution in [1.29, 1.82) is 0 Å². The SMILES string of the molecule is Cc1ncc(O)cc1CO. The molecule has 1 heterocycles. The minimum absolute atomic E-state index is 0.0762. The number of aliphatic hydroxyl groups excluding tert-OH is 1. The first-order valence-electron chi connectivity index (χ1n) is 2.99. The molecule has 0 radical (unpaired) electrons. The van der Waals surface area contributed by atoms with Crippen molar-refractivity contribution in [2.75, 3.05) is 0 Å². The van der Waals surface area contributed by atoms with Gasteiger partial charge in [-0.15, -0.1) is 0 Å². The quantitative estimate of drug-likeness (QED) is 0.598. The number of hydrogen-bond donors (Lipinski definition) is 2. The molecule has 1 aromatic heterocycles. The Balaban J connectivity index is 3.09. The number of aryl methyl sites for hydroxylation is 1. The van der Waals surface area contributed by atoms with Crippen molar-refractivity contribution < 1.29 is 10.2 Å².